The summed E-state index contributed by atoms with van der Waals surface area (Å²) in [5, 5.41) is 0.474. The van der Waals surface area contributed by atoms with Crippen LogP contribution in [-0.2, 0) is 0 Å². The first-order valence-electron chi connectivity index (χ1n) is 4.60. The molecule has 0 aromatic heterocycles. The number of fused-ring (bicyclic) bond motifs is 1. The highest BCUT2D eigenvalue weighted by atomic mass is 35.5. The van der Waals surface area contributed by atoms with Gasteiger partial charge in [0, 0.05) is 6.21 Å². The van der Waals surface area contributed by atoms with E-state index in [2.05, 4.69) is 4.99 Å². The number of benzene rings is 1. The van der Waals surface area contributed by atoms with Crippen molar-refractivity contribution in [2.45, 2.75) is 6.92 Å². The standard InChI is InChI=1S/C11H10ClNO2/c1-6-5-13-10-7(12)3-4-8(15-2)9(10)11(6)14/h3-6H,1-2H3. The van der Waals surface area contributed by atoms with Gasteiger partial charge >= 0.3 is 0 Å². The van der Waals surface area contributed by atoms with Crippen LogP contribution in [0.4, 0.5) is 5.69 Å². The van der Waals surface area contributed by atoms with Crippen molar-refractivity contribution in [1.82, 2.24) is 0 Å². The third kappa shape index (κ3) is 1.53. The number of halogens is 1. The number of ether oxygens (including phenoxy) is 1. The first-order chi connectivity index (χ1) is 7.15. The SMILES string of the molecule is COc1ccc(Cl)c2c1C(=O)C(C)C=N2. The normalized spacial score (nSPS) is 18.9. The van der Waals surface area contributed by atoms with Crippen LogP contribution in [0.15, 0.2) is 17.1 Å². The molecule has 0 spiro atoms. The van der Waals surface area contributed by atoms with Crippen molar-refractivity contribution in [3.8, 4) is 5.75 Å². The molecule has 1 unspecified atom stereocenters. The van der Waals surface area contributed by atoms with E-state index in [4.69, 9.17) is 16.3 Å². The summed E-state index contributed by atoms with van der Waals surface area (Å²) in [6.45, 7) is 1.80. The fraction of sp³-hybridized carbons (Fsp3) is 0.273. The van der Waals surface area contributed by atoms with Gasteiger partial charge in [0.25, 0.3) is 0 Å². The summed E-state index contributed by atoms with van der Waals surface area (Å²) in [4.78, 5) is 16.1. The number of methoxy groups -OCH3 is 1. The number of carbonyl (C=O) groups is 1. The molecule has 78 valence electrons. The molecule has 1 heterocycles. The maximum absolute atomic E-state index is 11.9. The van der Waals surface area contributed by atoms with Crippen molar-refractivity contribution in [3.63, 3.8) is 0 Å². The van der Waals surface area contributed by atoms with E-state index in [-0.39, 0.29) is 11.7 Å². The molecule has 1 aliphatic heterocycles. The number of Topliss-reactive ketones (excluding diaryl/α,β-unsaturated/α-hetero) is 1. The Bertz CT molecular complexity index is 454. The number of ketones is 1. The minimum atomic E-state index is -0.218. The molecule has 0 saturated carbocycles. The van der Waals surface area contributed by atoms with Crippen LogP contribution in [0.3, 0.4) is 0 Å². The van der Waals surface area contributed by atoms with E-state index in [0.717, 1.165) is 0 Å². The Morgan fingerprint density at radius 1 is 1.47 bits per heavy atom. The lowest BCUT2D eigenvalue weighted by Crippen LogP contribution is -2.17. The molecule has 0 bridgehead atoms. The van der Waals surface area contributed by atoms with Crippen molar-refractivity contribution in [2.75, 3.05) is 7.11 Å². The van der Waals surface area contributed by atoms with Crippen LogP contribution in [0.1, 0.15) is 17.3 Å². The van der Waals surface area contributed by atoms with Crippen molar-refractivity contribution < 1.29 is 9.53 Å². The van der Waals surface area contributed by atoms with Crippen LogP contribution in [-0.4, -0.2) is 19.1 Å². The summed E-state index contributed by atoms with van der Waals surface area (Å²) >= 11 is 5.96. The highest BCUT2D eigenvalue weighted by Gasteiger charge is 2.26. The third-order valence-corrected chi connectivity index (χ3v) is 2.70. The molecule has 0 aliphatic carbocycles. The molecule has 2 rings (SSSR count). The number of nitrogens with zero attached hydrogens (tertiary/aromatic N) is 1. The van der Waals surface area contributed by atoms with Crippen LogP contribution >= 0.6 is 11.6 Å². The predicted molar refractivity (Wildman–Crippen MR) is 59.7 cm³/mol. The first-order valence-corrected chi connectivity index (χ1v) is 4.98. The maximum Gasteiger partial charge on any atom is 0.176 e. The molecule has 4 heteroatoms. The second-order valence-corrected chi connectivity index (χ2v) is 3.81. The summed E-state index contributed by atoms with van der Waals surface area (Å²) in [6, 6.07) is 3.37. The van der Waals surface area contributed by atoms with Gasteiger partial charge in [-0.05, 0) is 12.1 Å². The second kappa shape index (κ2) is 3.66. The van der Waals surface area contributed by atoms with E-state index < -0.39 is 0 Å². The van der Waals surface area contributed by atoms with Crippen LogP contribution in [0.5, 0.6) is 5.75 Å². The molecule has 0 N–H and O–H groups in total. The smallest absolute Gasteiger partial charge is 0.176 e. The van der Waals surface area contributed by atoms with Gasteiger partial charge in [-0.2, -0.15) is 0 Å². The lowest BCUT2D eigenvalue weighted by molar-refractivity contribution is 0.0959. The Kier molecular flexibility index (Phi) is 2.49. The average Bonchev–Trinajstić information content (AvgIpc) is 2.24. The van der Waals surface area contributed by atoms with Gasteiger partial charge in [0.15, 0.2) is 5.78 Å². The Balaban J connectivity index is 2.70. The maximum atomic E-state index is 11.9. The molecule has 1 atom stereocenters. The Hall–Kier alpha value is -1.35. The van der Waals surface area contributed by atoms with Gasteiger partial charge in [0.1, 0.15) is 5.75 Å². The van der Waals surface area contributed by atoms with Gasteiger partial charge in [0.05, 0.1) is 29.3 Å². The van der Waals surface area contributed by atoms with Crippen LogP contribution in [0, 0.1) is 5.92 Å². The minimum Gasteiger partial charge on any atom is -0.496 e. The molecule has 0 fully saturated rings. The molecule has 1 aromatic carbocycles. The van der Waals surface area contributed by atoms with E-state index >= 15 is 0 Å². The zero-order chi connectivity index (χ0) is 11.0. The van der Waals surface area contributed by atoms with Crippen molar-refractivity contribution in [2.24, 2.45) is 10.9 Å². The summed E-state index contributed by atoms with van der Waals surface area (Å²) < 4.78 is 5.13. The van der Waals surface area contributed by atoms with E-state index in [1.807, 2.05) is 0 Å². The summed E-state index contributed by atoms with van der Waals surface area (Å²) in [5.74, 6) is 0.312. The van der Waals surface area contributed by atoms with Crippen molar-refractivity contribution in [1.29, 1.82) is 0 Å². The van der Waals surface area contributed by atoms with Gasteiger partial charge in [-0.3, -0.25) is 9.79 Å². The number of hydrogen-bond donors (Lipinski definition) is 0. The average molecular weight is 224 g/mol. The Labute approximate surface area is 92.7 Å². The number of carbonyl (C=O) groups excluding carboxylic acids is 1. The summed E-state index contributed by atoms with van der Waals surface area (Å²) in [7, 11) is 1.53. The molecule has 1 aliphatic rings. The van der Waals surface area contributed by atoms with Gasteiger partial charge < -0.3 is 4.74 Å². The molecule has 3 nitrogen and oxygen atoms in total. The first kappa shape index (κ1) is 10.2. The van der Waals surface area contributed by atoms with E-state index in [9.17, 15) is 4.79 Å². The van der Waals surface area contributed by atoms with E-state index in [0.29, 0.717) is 22.0 Å². The fourth-order valence-corrected chi connectivity index (χ4v) is 1.77. The second-order valence-electron chi connectivity index (χ2n) is 3.40. The topological polar surface area (TPSA) is 38.7 Å². The zero-order valence-electron chi connectivity index (χ0n) is 8.45. The summed E-state index contributed by atoms with van der Waals surface area (Å²) in [6.07, 6.45) is 1.61. The Morgan fingerprint density at radius 2 is 2.20 bits per heavy atom. The van der Waals surface area contributed by atoms with Crippen LogP contribution in [0.2, 0.25) is 5.02 Å². The molecule has 1 aromatic rings. The quantitative estimate of drug-likeness (QED) is 0.734. The molecule has 0 radical (unpaired) electrons. The largest absolute Gasteiger partial charge is 0.496 e. The molecular formula is C11H10ClNO2. The fourth-order valence-electron chi connectivity index (χ4n) is 1.56. The van der Waals surface area contributed by atoms with Gasteiger partial charge in [-0.25, -0.2) is 0 Å². The van der Waals surface area contributed by atoms with Crippen molar-refractivity contribution >= 4 is 29.3 Å². The molecular weight excluding hydrogens is 214 g/mol. The van der Waals surface area contributed by atoms with E-state index in [1.54, 1.807) is 25.3 Å². The molecule has 15 heavy (non-hydrogen) atoms. The third-order valence-electron chi connectivity index (χ3n) is 2.40. The highest BCUT2D eigenvalue weighted by Crippen LogP contribution is 2.39. The zero-order valence-corrected chi connectivity index (χ0v) is 9.21. The van der Waals surface area contributed by atoms with Crippen LogP contribution in [0.25, 0.3) is 0 Å². The minimum absolute atomic E-state index is 0.000602. The lowest BCUT2D eigenvalue weighted by Gasteiger charge is -2.17. The van der Waals surface area contributed by atoms with Gasteiger partial charge in [-0.1, -0.05) is 18.5 Å². The monoisotopic (exact) mass is 223 g/mol. The Morgan fingerprint density at radius 3 is 2.87 bits per heavy atom. The predicted octanol–water partition coefficient (Wildman–Crippen LogP) is 2.88. The lowest BCUT2D eigenvalue weighted by atomic mass is 9.95. The van der Waals surface area contributed by atoms with Crippen molar-refractivity contribution in [3.05, 3.63) is 22.7 Å². The number of aliphatic imine (C=N–C) groups is 1. The van der Waals surface area contributed by atoms with E-state index in [1.165, 1.54) is 7.11 Å². The van der Waals surface area contributed by atoms with Gasteiger partial charge in [0.2, 0.25) is 0 Å². The highest BCUT2D eigenvalue weighted by molar-refractivity contribution is 6.34. The number of rotatable bonds is 1. The molecule has 0 saturated heterocycles. The summed E-state index contributed by atoms with van der Waals surface area (Å²) in [5.41, 5.74) is 0.999. The van der Waals surface area contributed by atoms with Gasteiger partial charge in [-0.15, -0.1) is 0 Å². The molecule has 0 amide bonds. The number of hydrogen-bond acceptors (Lipinski definition) is 3. The van der Waals surface area contributed by atoms with Crippen LogP contribution < -0.4 is 4.74 Å².